The number of aliphatic carboxylic acids is 1. The number of carboxylic acids is 1. The Kier molecular flexibility index (Phi) is 3.03. The molecule has 3 atom stereocenters. The number of carboxylic acid groups (broad SMARTS) is 1. The average molecular weight is 176 g/mol. The summed E-state index contributed by atoms with van der Waals surface area (Å²) in [6.45, 7) is 2.05. The smallest absolute Gasteiger partial charge is 0.309 e. The minimum absolute atomic E-state index is 0.150. The van der Waals surface area contributed by atoms with Crippen LogP contribution in [0.25, 0.3) is 0 Å². The number of alkyl halides is 1. The quantitative estimate of drug-likeness (QED) is 0.700. The zero-order chi connectivity index (χ0) is 9.14. The fraction of sp³-hybridized carbons (Fsp3) is 0.875. The van der Waals surface area contributed by atoms with Crippen LogP contribution in [0.15, 0.2) is 0 Å². The summed E-state index contributed by atoms with van der Waals surface area (Å²) in [6, 6.07) is 0. The van der Waals surface area contributed by atoms with Gasteiger partial charge in [-0.3, -0.25) is 4.79 Å². The third-order valence-corrected chi connectivity index (χ3v) is 2.14. The predicted molar refractivity (Wildman–Crippen MR) is 40.6 cm³/mol. The van der Waals surface area contributed by atoms with Gasteiger partial charge in [-0.2, -0.15) is 0 Å². The van der Waals surface area contributed by atoms with Crippen molar-refractivity contribution in [3.8, 4) is 0 Å². The molecular weight excluding hydrogens is 163 g/mol. The molecule has 0 aliphatic carbocycles. The van der Waals surface area contributed by atoms with Crippen LogP contribution in [0.4, 0.5) is 4.39 Å². The molecule has 0 spiro atoms. The summed E-state index contributed by atoms with van der Waals surface area (Å²) in [5, 5.41) is 8.69. The topological polar surface area (TPSA) is 46.5 Å². The molecule has 0 aromatic carbocycles. The maximum absolute atomic E-state index is 12.5. The summed E-state index contributed by atoms with van der Waals surface area (Å²) in [4.78, 5) is 10.6. The van der Waals surface area contributed by atoms with Crippen LogP contribution in [0.1, 0.15) is 13.3 Å². The molecule has 1 saturated heterocycles. The Labute approximate surface area is 70.5 Å². The highest BCUT2D eigenvalue weighted by molar-refractivity contribution is 5.70. The van der Waals surface area contributed by atoms with Gasteiger partial charge in [0.15, 0.2) is 0 Å². The van der Waals surface area contributed by atoms with Crippen LogP contribution < -0.4 is 0 Å². The van der Waals surface area contributed by atoms with E-state index in [-0.39, 0.29) is 18.9 Å². The number of ether oxygens (including phenoxy) is 1. The standard InChI is InChI=1S/C8H13FO3/c1-5(9)2-6-3-12-4-7(6)8(10)11/h5-7H,2-4H2,1H3,(H,10,11). The van der Waals surface area contributed by atoms with E-state index in [1.807, 2.05) is 0 Å². The van der Waals surface area contributed by atoms with E-state index in [9.17, 15) is 9.18 Å². The first-order valence-electron chi connectivity index (χ1n) is 4.06. The van der Waals surface area contributed by atoms with Crippen molar-refractivity contribution in [1.29, 1.82) is 0 Å². The van der Waals surface area contributed by atoms with Crippen LogP contribution in [-0.2, 0) is 9.53 Å². The summed E-state index contributed by atoms with van der Waals surface area (Å²) >= 11 is 0. The van der Waals surface area contributed by atoms with Gasteiger partial charge in [0.1, 0.15) is 0 Å². The molecule has 1 aliphatic heterocycles. The van der Waals surface area contributed by atoms with Gasteiger partial charge in [0.05, 0.1) is 25.3 Å². The zero-order valence-electron chi connectivity index (χ0n) is 7.00. The van der Waals surface area contributed by atoms with Crippen molar-refractivity contribution in [2.24, 2.45) is 11.8 Å². The maximum Gasteiger partial charge on any atom is 0.309 e. The fourth-order valence-corrected chi connectivity index (χ4v) is 1.52. The monoisotopic (exact) mass is 176 g/mol. The van der Waals surface area contributed by atoms with E-state index < -0.39 is 18.1 Å². The van der Waals surface area contributed by atoms with E-state index in [0.29, 0.717) is 6.61 Å². The van der Waals surface area contributed by atoms with Crippen LogP contribution in [0, 0.1) is 11.8 Å². The lowest BCUT2D eigenvalue weighted by Crippen LogP contribution is -2.23. The molecule has 0 amide bonds. The van der Waals surface area contributed by atoms with Gasteiger partial charge in [0, 0.05) is 5.92 Å². The van der Waals surface area contributed by atoms with Crippen LogP contribution in [0.2, 0.25) is 0 Å². The summed E-state index contributed by atoms with van der Waals surface area (Å²) in [6.07, 6.45) is -0.657. The summed E-state index contributed by atoms with van der Waals surface area (Å²) in [5.74, 6) is -1.54. The Morgan fingerprint density at radius 1 is 1.75 bits per heavy atom. The molecule has 0 bridgehead atoms. The second kappa shape index (κ2) is 3.85. The molecule has 4 heteroatoms. The van der Waals surface area contributed by atoms with Crippen molar-refractivity contribution in [2.45, 2.75) is 19.5 Å². The van der Waals surface area contributed by atoms with E-state index >= 15 is 0 Å². The number of halogens is 1. The zero-order valence-corrected chi connectivity index (χ0v) is 7.00. The van der Waals surface area contributed by atoms with Crippen molar-refractivity contribution in [2.75, 3.05) is 13.2 Å². The molecule has 0 aromatic rings. The second-order valence-corrected chi connectivity index (χ2v) is 3.26. The lowest BCUT2D eigenvalue weighted by Gasteiger charge is -2.13. The van der Waals surface area contributed by atoms with Gasteiger partial charge >= 0.3 is 5.97 Å². The van der Waals surface area contributed by atoms with E-state index in [1.54, 1.807) is 0 Å². The first kappa shape index (κ1) is 9.45. The van der Waals surface area contributed by atoms with Gasteiger partial charge < -0.3 is 9.84 Å². The van der Waals surface area contributed by atoms with Crippen molar-refractivity contribution in [3.63, 3.8) is 0 Å². The van der Waals surface area contributed by atoms with E-state index in [1.165, 1.54) is 6.92 Å². The molecular formula is C8H13FO3. The van der Waals surface area contributed by atoms with Crippen LogP contribution in [0.5, 0.6) is 0 Å². The molecule has 3 unspecified atom stereocenters. The third kappa shape index (κ3) is 2.17. The molecule has 0 radical (unpaired) electrons. The molecule has 1 rings (SSSR count). The van der Waals surface area contributed by atoms with Crippen molar-refractivity contribution in [1.82, 2.24) is 0 Å². The second-order valence-electron chi connectivity index (χ2n) is 3.26. The average Bonchev–Trinajstić information content (AvgIpc) is 2.33. The van der Waals surface area contributed by atoms with Gasteiger partial charge in [-0.15, -0.1) is 0 Å². The van der Waals surface area contributed by atoms with Crippen LogP contribution in [0.3, 0.4) is 0 Å². The highest BCUT2D eigenvalue weighted by Crippen LogP contribution is 2.25. The molecule has 1 aliphatic rings. The Bertz CT molecular complexity index is 170. The molecule has 1 fully saturated rings. The fourth-order valence-electron chi connectivity index (χ4n) is 1.52. The lowest BCUT2D eigenvalue weighted by atomic mass is 9.91. The van der Waals surface area contributed by atoms with Gasteiger partial charge in [0.25, 0.3) is 0 Å². The predicted octanol–water partition coefficient (Wildman–Crippen LogP) is 1.08. The highest BCUT2D eigenvalue weighted by atomic mass is 19.1. The Balaban J connectivity index is 2.46. The van der Waals surface area contributed by atoms with E-state index in [4.69, 9.17) is 9.84 Å². The summed E-state index contributed by atoms with van der Waals surface area (Å²) < 4.78 is 17.5. The first-order valence-corrected chi connectivity index (χ1v) is 4.06. The van der Waals surface area contributed by atoms with Crippen LogP contribution in [-0.4, -0.2) is 30.5 Å². The maximum atomic E-state index is 12.5. The lowest BCUT2D eigenvalue weighted by molar-refractivity contribution is -0.142. The number of rotatable bonds is 3. The SMILES string of the molecule is CC(F)CC1COCC1C(=O)O. The molecule has 12 heavy (non-hydrogen) atoms. The highest BCUT2D eigenvalue weighted by Gasteiger charge is 2.34. The number of hydrogen-bond donors (Lipinski definition) is 1. The molecule has 0 saturated carbocycles. The Morgan fingerprint density at radius 3 is 2.92 bits per heavy atom. The molecule has 3 nitrogen and oxygen atoms in total. The number of hydrogen-bond acceptors (Lipinski definition) is 2. The summed E-state index contributed by atoms with van der Waals surface area (Å²) in [7, 11) is 0. The first-order chi connectivity index (χ1) is 5.61. The molecule has 1 heterocycles. The van der Waals surface area contributed by atoms with Gasteiger partial charge in [0.2, 0.25) is 0 Å². The van der Waals surface area contributed by atoms with E-state index in [0.717, 1.165) is 0 Å². The summed E-state index contributed by atoms with van der Waals surface area (Å²) in [5.41, 5.74) is 0. The van der Waals surface area contributed by atoms with Crippen molar-refractivity contribution in [3.05, 3.63) is 0 Å². The Morgan fingerprint density at radius 2 is 2.42 bits per heavy atom. The molecule has 1 N–H and O–H groups in total. The largest absolute Gasteiger partial charge is 0.481 e. The van der Waals surface area contributed by atoms with Crippen molar-refractivity contribution < 1.29 is 19.0 Å². The molecule has 70 valence electrons. The Hall–Kier alpha value is -0.640. The minimum Gasteiger partial charge on any atom is -0.481 e. The molecule has 0 aromatic heterocycles. The number of carbonyl (C=O) groups is 1. The van der Waals surface area contributed by atoms with Crippen molar-refractivity contribution >= 4 is 5.97 Å². The third-order valence-electron chi connectivity index (χ3n) is 2.14. The van der Waals surface area contributed by atoms with E-state index in [2.05, 4.69) is 0 Å². The van der Waals surface area contributed by atoms with Gasteiger partial charge in [-0.25, -0.2) is 4.39 Å². The van der Waals surface area contributed by atoms with Gasteiger partial charge in [-0.05, 0) is 13.3 Å². The minimum atomic E-state index is -0.946. The normalized spacial score (nSPS) is 31.8. The van der Waals surface area contributed by atoms with Crippen LogP contribution >= 0.6 is 0 Å². The van der Waals surface area contributed by atoms with Gasteiger partial charge in [-0.1, -0.05) is 0 Å².